The number of alkyl halides is 3. The van der Waals surface area contributed by atoms with Gasteiger partial charge in [0.2, 0.25) is 0 Å². The van der Waals surface area contributed by atoms with Crippen molar-refractivity contribution >= 4 is 28.9 Å². The minimum Gasteiger partial charge on any atom is -0.484 e. The Morgan fingerprint density at radius 2 is 1.80 bits per heavy atom. The number of morpholine rings is 1. The minimum atomic E-state index is -4.52. The number of hydrogen-bond acceptors (Lipinski definition) is 4. The lowest BCUT2D eigenvalue weighted by atomic mass is 10.1. The summed E-state index contributed by atoms with van der Waals surface area (Å²) in [7, 11) is 0. The van der Waals surface area contributed by atoms with Crippen LogP contribution >= 0.6 is 11.6 Å². The fourth-order valence-electron chi connectivity index (χ4n) is 3.22. The Hall–Kier alpha value is -2.45. The average molecular weight is 443 g/mol. The van der Waals surface area contributed by atoms with Gasteiger partial charge in [-0.25, -0.2) is 0 Å². The van der Waals surface area contributed by atoms with Gasteiger partial charge in [-0.15, -0.1) is 0 Å². The molecule has 1 saturated heterocycles. The Morgan fingerprint density at radius 3 is 2.40 bits per heavy atom. The maximum absolute atomic E-state index is 13.2. The van der Waals surface area contributed by atoms with Crippen molar-refractivity contribution in [3.05, 3.63) is 52.0 Å². The van der Waals surface area contributed by atoms with Crippen LogP contribution in [0.15, 0.2) is 30.3 Å². The van der Waals surface area contributed by atoms with Crippen molar-refractivity contribution in [1.29, 1.82) is 0 Å². The van der Waals surface area contributed by atoms with Crippen LogP contribution in [0.4, 0.5) is 24.5 Å². The van der Waals surface area contributed by atoms with Crippen molar-refractivity contribution in [3.63, 3.8) is 0 Å². The third-order valence-electron chi connectivity index (χ3n) is 4.73. The third-order valence-corrected chi connectivity index (χ3v) is 5.33. The molecule has 3 rings (SSSR count). The van der Waals surface area contributed by atoms with Gasteiger partial charge in [0.1, 0.15) is 5.75 Å². The van der Waals surface area contributed by atoms with E-state index in [0.29, 0.717) is 42.8 Å². The molecule has 1 N–H and O–H groups in total. The van der Waals surface area contributed by atoms with Gasteiger partial charge in [0.25, 0.3) is 5.91 Å². The molecule has 2 aromatic rings. The molecule has 0 radical (unpaired) electrons. The van der Waals surface area contributed by atoms with Crippen LogP contribution in [0.2, 0.25) is 5.02 Å². The number of carbonyl (C=O) groups is 1. The molecule has 0 spiro atoms. The second kappa shape index (κ2) is 9.14. The number of nitrogens with zero attached hydrogens (tertiary/aromatic N) is 1. The lowest BCUT2D eigenvalue weighted by Crippen LogP contribution is -2.37. The highest BCUT2D eigenvalue weighted by molar-refractivity contribution is 6.32. The van der Waals surface area contributed by atoms with E-state index in [1.165, 1.54) is 6.07 Å². The molecule has 0 atom stereocenters. The second-order valence-corrected chi connectivity index (χ2v) is 7.41. The Balaban J connectivity index is 1.76. The standard InChI is InChI=1S/C21H22ClF3N2O3/c1-13-9-16(10-14(2)20(13)22)30-12-19(28)26-17-11-15(21(23,24)25)3-4-18(17)27-5-7-29-8-6-27/h3-4,9-11H,5-8,12H2,1-2H3,(H,26,28). The number of ether oxygens (including phenoxy) is 2. The Labute approximate surface area is 177 Å². The summed E-state index contributed by atoms with van der Waals surface area (Å²) < 4.78 is 50.3. The average Bonchev–Trinajstić information content (AvgIpc) is 2.70. The first-order valence-corrected chi connectivity index (χ1v) is 9.76. The number of carbonyl (C=O) groups excluding carboxylic acids is 1. The molecule has 162 valence electrons. The smallest absolute Gasteiger partial charge is 0.416 e. The molecular weight excluding hydrogens is 421 g/mol. The molecule has 5 nitrogen and oxygen atoms in total. The molecule has 1 aliphatic heterocycles. The number of benzene rings is 2. The van der Waals surface area contributed by atoms with Gasteiger partial charge >= 0.3 is 6.18 Å². The first-order chi connectivity index (χ1) is 14.1. The molecule has 1 amide bonds. The molecule has 1 aliphatic rings. The topological polar surface area (TPSA) is 50.8 Å². The quantitative estimate of drug-likeness (QED) is 0.720. The number of hydrogen-bond donors (Lipinski definition) is 1. The van der Waals surface area contributed by atoms with E-state index in [4.69, 9.17) is 21.1 Å². The molecule has 9 heteroatoms. The molecule has 1 fully saturated rings. The predicted octanol–water partition coefficient (Wildman–Crippen LogP) is 4.83. The van der Waals surface area contributed by atoms with Crippen LogP contribution in [0.5, 0.6) is 5.75 Å². The van der Waals surface area contributed by atoms with Gasteiger partial charge in [0.05, 0.1) is 30.2 Å². The van der Waals surface area contributed by atoms with E-state index in [2.05, 4.69) is 5.32 Å². The third kappa shape index (κ3) is 5.37. The fourth-order valence-corrected chi connectivity index (χ4v) is 3.33. The Kier molecular flexibility index (Phi) is 6.77. The van der Waals surface area contributed by atoms with Crippen LogP contribution in [-0.2, 0) is 15.7 Å². The molecule has 30 heavy (non-hydrogen) atoms. The van der Waals surface area contributed by atoms with Crippen LogP contribution in [0.3, 0.4) is 0 Å². The van der Waals surface area contributed by atoms with Crippen molar-refractivity contribution in [2.45, 2.75) is 20.0 Å². The fraction of sp³-hybridized carbons (Fsp3) is 0.381. The van der Waals surface area contributed by atoms with Gasteiger partial charge in [-0.1, -0.05) is 11.6 Å². The zero-order chi connectivity index (χ0) is 21.9. The van der Waals surface area contributed by atoms with Gasteiger partial charge in [-0.3, -0.25) is 4.79 Å². The number of halogens is 4. The normalized spacial score (nSPS) is 14.5. The molecule has 0 bridgehead atoms. The summed E-state index contributed by atoms with van der Waals surface area (Å²) in [6.07, 6.45) is -4.52. The number of amides is 1. The van der Waals surface area contributed by atoms with Gasteiger partial charge in [-0.2, -0.15) is 13.2 Å². The predicted molar refractivity (Wildman–Crippen MR) is 110 cm³/mol. The Bertz CT molecular complexity index is 905. The van der Waals surface area contributed by atoms with Crippen LogP contribution in [0.25, 0.3) is 0 Å². The van der Waals surface area contributed by atoms with E-state index >= 15 is 0 Å². The number of anilines is 2. The van der Waals surface area contributed by atoms with Gasteiger partial charge < -0.3 is 19.7 Å². The summed E-state index contributed by atoms with van der Waals surface area (Å²) in [6.45, 7) is 5.26. The van der Waals surface area contributed by atoms with E-state index in [1.54, 1.807) is 12.1 Å². The summed E-state index contributed by atoms with van der Waals surface area (Å²) >= 11 is 6.12. The summed E-state index contributed by atoms with van der Waals surface area (Å²) in [6, 6.07) is 6.73. The highest BCUT2D eigenvalue weighted by atomic mass is 35.5. The minimum absolute atomic E-state index is 0.0868. The van der Waals surface area contributed by atoms with Crippen LogP contribution < -0.4 is 15.0 Å². The number of nitrogens with one attached hydrogen (secondary N) is 1. The maximum atomic E-state index is 13.2. The van der Waals surface area contributed by atoms with E-state index in [0.717, 1.165) is 23.3 Å². The summed E-state index contributed by atoms with van der Waals surface area (Å²) in [4.78, 5) is 14.3. The second-order valence-electron chi connectivity index (χ2n) is 7.04. The molecule has 0 saturated carbocycles. The van der Waals surface area contributed by atoms with Crippen molar-refractivity contribution in [2.75, 3.05) is 43.1 Å². The lowest BCUT2D eigenvalue weighted by molar-refractivity contribution is -0.137. The van der Waals surface area contributed by atoms with E-state index < -0.39 is 17.6 Å². The first-order valence-electron chi connectivity index (χ1n) is 9.38. The SMILES string of the molecule is Cc1cc(OCC(=O)Nc2cc(C(F)(F)F)ccc2N2CCOCC2)cc(C)c1Cl. The van der Waals surface area contributed by atoms with Crippen molar-refractivity contribution < 1.29 is 27.4 Å². The first kappa shape index (κ1) is 22.2. The molecular formula is C21H22ClF3N2O3. The van der Waals surface area contributed by atoms with Gasteiger partial charge in [0.15, 0.2) is 6.61 Å². The van der Waals surface area contributed by atoms with Gasteiger partial charge in [-0.05, 0) is 55.3 Å². The summed E-state index contributed by atoms with van der Waals surface area (Å²) in [5, 5.41) is 3.18. The van der Waals surface area contributed by atoms with E-state index in [1.807, 2.05) is 18.7 Å². The summed E-state index contributed by atoms with van der Waals surface area (Å²) in [5.74, 6) is -0.101. The monoisotopic (exact) mass is 442 g/mol. The van der Waals surface area contributed by atoms with Gasteiger partial charge in [0, 0.05) is 18.1 Å². The molecule has 1 heterocycles. The largest absolute Gasteiger partial charge is 0.484 e. The molecule has 0 unspecified atom stereocenters. The van der Waals surface area contributed by atoms with E-state index in [9.17, 15) is 18.0 Å². The molecule has 0 aliphatic carbocycles. The highest BCUT2D eigenvalue weighted by Crippen LogP contribution is 2.36. The van der Waals surface area contributed by atoms with Crippen LogP contribution in [-0.4, -0.2) is 38.8 Å². The molecule has 0 aromatic heterocycles. The summed E-state index contributed by atoms with van der Waals surface area (Å²) in [5.41, 5.74) is 1.38. The molecule has 2 aromatic carbocycles. The zero-order valence-electron chi connectivity index (χ0n) is 16.6. The Morgan fingerprint density at radius 1 is 1.17 bits per heavy atom. The van der Waals surface area contributed by atoms with Crippen molar-refractivity contribution in [3.8, 4) is 5.75 Å². The number of rotatable bonds is 5. The van der Waals surface area contributed by atoms with Crippen LogP contribution in [0.1, 0.15) is 16.7 Å². The zero-order valence-corrected chi connectivity index (χ0v) is 17.4. The van der Waals surface area contributed by atoms with Crippen LogP contribution in [0, 0.1) is 13.8 Å². The van der Waals surface area contributed by atoms with E-state index in [-0.39, 0.29) is 12.3 Å². The number of aryl methyl sites for hydroxylation is 2. The maximum Gasteiger partial charge on any atom is 0.416 e. The van der Waals surface area contributed by atoms with Crippen molar-refractivity contribution in [2.24, 2.45) is 0 Å². The van der Waals surface area contributed by atoms with Crippen molar-refractivity contribution in [1.82, 2.24) is 0 Å². The lowest BCUT2D eigenvalue weighted by Gasteiger charge is -2.31. The highest BCUT2D eigenvalue weighted by Gasteiger charge is 2.32.